The van der Waals surface area contributed by atoms with E-state index in [-0.39, 0.29) is 11.5 Å². The van der Waals surface area contributed by atoms with Crippen LogP contribution in [0.25, 0.3) is 0 Å². The van der Waals surface area contributed by atoms with Crippen molar-refractivity contribution in [2.75, 3.05) is 7.11 Å². The first kappa shape index (κ1) is 13.6. The van der Waals surface area contributed by atoms with E-state index in [9.17, 15) is 5.11 Å². The maximum absolute atomic E-state index is 10.4. The molecular formula is C19H26O2. The third-order valence-corrected chi connectivity index (χ3v) is 6.88. The third-order valence-electron chi connectivity index (χ3n) is 6.88. The van der Waals surface area contributed by atoms with E-state index in [1.165, 1.54) is 37.7 Å². The highest BCUT2D eigenvalue weighted by Gasteiger charge is 2.54. The smallest absolute Gasteiger partial charge is 0.119 e. The van der Waals surface area contributed by atoms with Crippen LogP contribution in [0.5, 0.6) is 5.75 Å². The Morgan fingerprint density at radius 1 is 1.19 bits per heavy atom. The summed E-state index contributed by atoms with van der Waals surface area (Å²) < 4.78 is 5.38. The fourth-order valence-electron chi connectivity index (χ4n) is 5.66. The lowest BCUT2D eigenvalue weighted by Gasteiger charge is -2.50. The molecule has 21 heavy (non-hydrogen) atoms. The van der Waals surface area contributed by atoms with Crippen molar-refractivity contribution in [1.82, 2.24) is 0 Å². The average Bonchev–Trinajstić information content (AvgIpc) is 2.82. The summed E-state index contributed by atoms with van der Waals surface area (Å²) in [5.41, 5.74) is 3.25. The maximum atomic E-state index is 10.4. The predicted molar refractivity (Wildman–Crippen MR) is 83.6 cm³/mol. The van der Waals surface area contributed by atoms with Crippen molar-refractivity contribution in [1.29, 1.82) is 0 Å². The van der Waals surface area contributed by atoms with Gasteiger partial charge in [0.25, 0.3) is 0 Å². The highest BCUT2D eigenvalue weighted by atomic mass is 16.5. The van der Waals surface area contributed by atoms with Gasteiger partial charge in [0.05, 0.1) is 13.2 Å². The molecule has 3 aliphatic carbocycles. The molecule has 0 radical (unpaired) electrons. The minimum Gasteiger partial charge on any atom is -0.497 e. The summed E-state index contributed by atoms with van der Waals surface area (Å²) in [6.07, 6.45) is 7.07. The van der Waals surface area contributed by atoms with Gasteiger partial charge in [-0.3, -0.25) is 0 Å². The highest BCUT2D eigenvalue weighted by Crippen LogP contribution is 2.60. The Kier molecular flexibility index (Phi) is 3.08. The average molecular weight is 286 g/mol. The molecule has 2 saturated carbocycles. The second kappa shape index (κ2) is 4.74. The number of hydrogen-bond acceptors (Lipinski definition) is 2. The molecule has 1 aromatic rings. The van der Waals surface area contributed by atoms with Crippen LogP contribution in [-0.4, -0.2) is 18.3 Å². The van der Waals surface area contributed by atoms with Gasteiger partial charge in [-0.1, -0.05) is 13.0 Å². The van der Waals surface area contributed by atoms with Gasteiger partial charge in [0.1, 0.15) is 5.75 Å². The molecular weight excluding hydrogens is 260 g/mol. The van der Waals surface area contributed by atoms with Gasteiger partial charge in [0.15, 0.2) is 0 Å². The van der Waals surface area contributed by atoms with Crippen molar-refractivity contribution in [3.63, 3.8) is 0 Å². The van der Waals surface area contributed by atoms with Crippen LogP contribution in [0.2, 0.25) is 0 Å². The largest absolute Gasteiger partial charge is 0.497 e. The van der Waals surface area contributed by atoms with Crippen LogP contribution < -0.4 is 4.74 Å². The summed E-state index contributed by atoms with van der Waals surface area (Å²) >= 11 is 0. The van der Waals surface area contributed by atoms with Gasteiger partial charge in [0.2, 0.25) is 0 Å². The van der Waals surface area contributed by atoms with E-state index in [0.29, 0.717) is 5.92 Å². The van der Waals surface area contributed by atoms with Crippen molar-refractivity contribution in [2.45, 2.75) is 57.5 Å². The zero-order valence-corrected chi connectivity index (χ0v) is 13.1. The molecule has 0 aliphatic heterocycles. The molecule has 2 nitrogen and oxygen atoms in total. The number of hydrogen-bond donors (Lipinski definition) is 1. The summed E-state index contributed by atoms with van der Waals surface area (Å²) in [6.45, 7) is 2.34. The van der Waals surface area contributed by atoms with Crippen LogP contribution in [-0.2, 0) is 6.42 Å². The highest BCUT2D eigenvalue weighted by molar-refractivity contribution is 5.40. The van der Waals surface area contributed by atoms with E-state index in [1.54, 1.807) is 12.7 Å². The van der Waals surface area contributed by atoms with E-state index < -0.39 is 0 Å². The normalized spacial score (nSPS) is 41.1. The first-order valence-corrected chi connectivity index (χ1v) is 8.48. The van der Waals surface area contributed by atoms with Crippen molar-refractivity contribution >= 4 is 0 Å². The summed E-state index contributed by atoms with van der Waals surface area (Å²) in [5, 5.41) is 10.4. The van der Waals surface area contributed by atoms with Crippen LogP contribution in [0.3, 0.4) is 0 Å². The molecule has 0 spiro atoms. The molecule has 114 valence electrons. The molecule has 0 saturated heterocycles. The quantitative estimate of drug-likeness (QED) is 0.848. The van der Waals surface area contributed by atoms with Gasteiger partial charge >= 0.3 is 0 Å². The lowest BCUT2D eigenvalue weighted by molar-refractivity contribution is -0.0226. The Morgan fingerprint density at radius 3 is 2.86 bits per heavy atom. The molecule has 2 heteroatoms. The van der Waals surface area contributed by atoms with Gasteiger partial charge in [-0.05, 0) is 85.0 Å². The Balaban J connectivity index is 1.68. The molecule has 5 atom stereocenters. The lowest BCUT2D eigenvalue weighted by atomic mass is 9.55. The molecule has 1 aromatic carbocycles. The van der Waals surface area contributed by atoms with Crippen LogP contribution in [0.1, 0.15) is 56.1 Å². The van der Waals surface area contributed by atoms with Gasteiger partial charge in [-0.25, -0.2) is 0 Å². The van der Waals surface area contributed by atoms with Gasteiger partial charge in [-0.2, -0.15) is 0 Å². The Hall–Kier alpha value is -1.02. The minimum absolute atomic E-state index is 0.0688. The third kappa shape index (κ3) is 1.88. The molecule has 0 heterocycles. The van der Waals surface area contributed by atoms with E-state index in [0.717, 1.165) is 24.0 Å². The number of ether oxygens (including phenoxy) is 1. The van der Waals surface area contributed by atoms with Crippen LogP contribution in [0.15, 0.2) is 18.2 Å². The number of benzene rings is 1. The summed E-state index contributed by atoms with van der Waals surface area (Å²) in [7, 11) is 1.75. The van der Waals surface area contributed by atoms with Crippen LogP contribution >= 0.6 is 0 Å². The number of methoxy groups -OCH3 is 1. The summed E-state index contributed by atoms with van der Waals surface area (Å²) in [5.74, 6) is 3.20. The zero-order valence-electron chi connectivity index (χ0n) is 13.1. The minimum atomic E-state index is -0.0688. The standard InChI is InChI=1S/C19H26O2/c1-19-10-9-15-14-6-4-13(21-2)11-12(14)3-5-16(15)17(19)7-8-18(19)20/h4,6,11,15-18,20H,3,5,7-10H2,1-2H3/t15-,16+,17-,18+,19-/m0/s1. The molecule has 0 aromatic heterocycles. The Labute approximate surface area is 127 Å². The predicted octanol–water partition coefficient (Wildman–Crippen LogP) is 3.91. The van der Waals surface area contributed by atoms with E-state index in [1.807, 2.05) is 0 Å². The van der Waals surface area contributed by atoms with Crippen molar-refractivity contribution in [2.24, 2.45) is 17.3 Å². The molecule has 3 aliphatic rings. The van der Waals surface area contributed by atoms with Crippen LogP contribution in [0, 0.1) is 17.3 Å². The zero-order chi connectivity index (χ0) is 14.6. The Morgan fingerprint density at radius 2 is 2.05 bits per heavy atom. The number of rotatable bonds is 1. The number of fused-ring (bicyclic) bond motifs is 5. The van der Waals surface area contributed by atoms with E-state index in [4.69, 9.17) is 4.74 Å². The maximum Gasteiger partial charge on any atom is 0.119 e. The fraction of sp³-hybridized carbons (Fsp3) is 0.684. The molecule has 0 bridgehead atoms. The van der Waals surface area contributed by atoms with Gasteiger partial charge in [-0.15, -0.1) is 0 Å². The first-order chi connectivity index (χ1) is 10.1. The number of aliphatic hydroxyl groups excluding tert-OH is 1. The van der Waals surface area contributed by atoms with Crippen molar-refractivity contribution < 1.29 is 9.84 Å². The first-order valence-electron chi connectivity index (χ1n) is 8.48. The summed E-state index contributed by atoms with van der Waals surface area (Å²) in [4.78, 5) is 0. The van der Waals surface area contributed by atoms with Crippen molar-refractivity contribution in [3.8, 4) is 5.75 Å². The topological polar surface area (TPSA) is 29.5 Å². The second-order valence-corrected chi connectivity index (χ2v) is 7.62. The SMILES string of the molecule is COc1ccc2c(c1)CC[C@@H]1[C@H]2CC[C@]2(C)[C@H](O)CC[C@@H]12. The van der Waals surface area contributed by atoms with Crippen molar-refractivity contribution in [3.05, 3.63) is 29.3 Å². The second-order valence-electron chi connectivity index (χ2n) is 7.62. The fourth-order valence-corrected chi connectivity index (χ4v) is 5.66. The monoisotopic (exact) mass is 286 g/mol. The number of aliphatic hydroxyl groups is 1. The van der Waals surface area contributed by atoms with E-state index >= 15 is 0 Å². The molecule has 4 rings (SSSR count). The molecule has 0 amide bonds. The molecule has 0 unspecified atom stereocenters. The van der Waals surface area contributed by atoms with Gasteiger partial charge < -0.3 is 9.84 Å². The molecule has 2 fully saturated rings. The Bertz CT molecular complexity index is 552. The van der Waals surface area contributed by atoms with E-state index in [2.05, 4.69) is 25.1 Å². The summed E-state index contributed by atoms with van der Waals surface area (Å²) in [6, 6.07) is 6.67. The van der Waals surface area contributed by atoms with Gasteiger partial charge in [0, 0.05) is 0 Å². The lowest BCUT2D eigenvalue weighted by Crippen LogP contribution is -2.43. The molecule has 1 N–H and O–H groups in total. The van der Waals surface area contributed by atoms with Crippen LogP contribution in [0.4, 0.5) is 0 Å². The number of aryl methyl sites for hydroxylation is 1.